The van der Waals surface area contributed by atoms with Crippen LogP contribution in [0, 0.1) is 11.6 Å². The molecule has 0 saturated carbocycles. The van der Waals surface area contributed by atoms with E-state index in [9.17, 15) is 18.4 Å². The van der Waals surface area contributed by atoms with Crippen LogP contribution in [0.4, 0.5) is 8.78 Å². The van der Waals surface area contributed by atoms with Crippen LogP contribution >= 0.6 is 11.8 Å². The van der Waals surface area contributed by atoms with Crippen molar-refractivity contribution in [2.45, 2.75) is 31.2 Å². The van der Waals surface area contributed by atoms with Crippen molar-refractivity contribution >= 4 is 23.6 Å². The summed E-state index contributed by atoms with van der Waals surface area (Å²) < 4.78 is 26.2. The highest BCUT2D eigenvalue weighted by Gasteiger charge is 2.18. The number of amides is 1. The second-order valence-corrected chi connectivity index (χ2v) is 5.71. The fourth-order valence-electron chi connectivity index (χ4n) is 1.70. The Labute approximate surface area is 126 Å². The van der Waals surface area contributed by atoms with Gasteiger partial charge in [0, 0.05) is 23.5 Å². The standard InChI is InChI=1S/C14H17F2NO3S/c1-9(2)17(6-5-14(19)20)13(18)8-21-12-4-3-10(15)7-11(12)16/h3-4,7,9H,5-6,8H2,1-2H3,(H,19,20). The molecule has 116 valence electrons. The number of carbonyl (C=O) groups excluding carboxylic acids is 1. The molecule has 0 radical (unpaired) electrons. The second-order valence-electron chi connectivity index (χ2n) is 4.69. The molecule has 0 spiro atoms. The van der Waals surface area contributed by atoms with Crippen LogP contribution < -0.4 is 0 Å². The third-order valence-corrected chi connectivity index (χ3v) is 3.79. The highest BCUT2D eigenvalue weighted by Crippen LogP contribution is 2.23. The molecule has 0 fully saturated rings. The van der Waals surface area contributed by atoms with E-state index in [2.05, 4.69) is 0 Å². The maximum atomic E-state index is 13.5. The lowest BCUT2D eigenvalue weighted by Gasteiger charge is -2.26. The molecule has 1 rings (SSSR count). The van der Waals surface area contributed by atoms with Crippen molar-refractivity contribution in [2.75, 3.05) is 12.3 Å². The van der Waals surface area contributed by atoms with Gasteiger partial charge in [0.05, 0.1) is 12.2 Å². The first-order valence-corrected chi connectivity index (χ1v) is 7.39. The van der Waals surface area contributed by atoms with E-state index in [0.29, 0.717) is 0 Å². The summed E-state index contributed by atoms with van der Waals surface area (Å²) in [5.41, 5.74) is 0. The zero-order chi connectivity index (χ0) is 16.0. The van der Waals surface area contributed by atoms with E-state index in [4.69, 9.17) is 5.11 Å². The SMILES string of the molecule is CC(C)N(CCC(=O)O)C(=O)CSc1ccc(F)cc1F. The molecule has 1 amide bonds. The molecular formula is C14H17F2NO3S. The van der Waals surface area contributed by atoms with Crippen molar-refractivity contribution in [3.8, 4) is 0 Å². The van der Waals surface area contributed by atoms with Gasteiger partial charge in [-0.2, -0.15) is 0 Å². The number of hydrogen-bond acceptors (Lipinski definition) is 3. The van der Waals surface area contributed by atoms with Crippen LogP contribution in [0.1, 0.15) is 20.3 Å². The maximum Gasteiger partial charge on any atom is 0.305 e. The number of hydrogen-bond donors (Lipinski definition) is 1. The number of halogens is 2. The third-order valence-electron chi connectivity index (χ3n) is 2.76. The van der Waals surface area contributed by atoms with Crippen LogP contribution in [-0.2, 0) is 9.59 Å². The molecule has 1 N–H and O–H groups in total. The number of rotatable bonds is 7. The van der Waals surface area contributed by atoms with Gasteiger partial charge < -0.3 is 10.0 Å². The molecule has 0 aliphatic rings. The lowest BCUT2D eigenvalue weighted by molar-refractivity contribution is -0.138. The highest BCUT2D eigenvalue weighted by molar-refractivity contribution is 8.00. The summed E-state index contributed by atoms with van der Waals surface area (Å²) in [4.78, 5) is 24.3. The van der Waals surface area contributed by atoms with Crippen LogP contribution in [0.5, 0.6) is 0 Å². The summed E-state index contributed by atoms with van der Waals surface area (Å²) in [6.07, 6.45) is -0.139. The van der Waals surface area contributed by atoms with Gasteiger partial charge >= 0.3 is 5.97 Å². The van der Waals surface area contributed by atoms with E-state index >= 15 is 0 Å². The maximum absolute atomic E-state index is 13.5. The van der Waals surface area contributed by atoms with Crippen LogP contribution in [0.15, 0.2) is 23.1 Å². The molecule has 0 aliphatic carbocycles. The summed E-state index contributed by atoms with van der Waals surface area (Å²) >= 11 is 0.964. The zero-order valence-electron chi connectivity index (χ0n) is 11.8. The molecular weight excluding hydrogens is 300 g/mol. The van der Waals surface area contributed by atoms with Crippen molar-refractivity contribution in [3.63, 3.8) is 0 Å². The van der Waals surface area contributed by atoms with Crippen molar-refractivity contribution in [2.24, 2.45) is 0 Å². The molecule has 0 unspecified atom stereocenters. The summed E-state index contributed by atoms with van der Waals surface area (Å²) in [6, 6.07) is 3.02. The molecule has 1 aromatic rings. The van der Waals surface area contributed by atoms with Gasteiger partial charge in [-0.25, -0.2) is 8.78 Å². The Kier molecular flexibility index (Phi) is 6.61. The monoisotopic (exact) mass is 317 g/mol. The minimum absolute atomic E-state index is 0.0274. The fraction of sp³-hybridized carbons (Fsp3) is 0.429. The van der Waals surface area contributed by atoms with Crippen LogP contribution in [0.25, 0.3) is 0 Å². The Balaban J connectivity index is 2.62. The number of carboxylic acids is 1. The van der Waals surface area contributed by atoms with E-state index in [-0.39, 0.29) is 35.6 Å². The van der Waals surface area contributed by atoms with Crippen molar-refractivity contribution in [3.05, 3.63) is 29.8 Å². The molecule has 4 nitrogen and oxygen atoms in total. The van der Waals surface area contributed by atoms with E-state index in [1.807, 2.05) is 0 Å². The predicted molar refractivity (Wildman–Crippen MR) is 76.2 cm³/mol. The molecule has 7 heteroatoms. The number of carboxylic acid groups (broad SMARTS) is 1. The number of nitrogens with zero attached hydrogens (tertiary/aromatic N) is 1. The molecule has 1 aromatic carbocycles. The molecule has 0 aromatic heterocycles. The Morgan fingerprint density at radius 2 is 2.00 bits per heavy atom. The van der Waals surface area contributed by atoms with E-state index in [1.165, 1.54) is 11.0 Å². The predicted octanol–water partition coefficient (Wildman–Crippen LogP) is 2.77. The molecule has 0 saturated heterocycles. The van der Waals surface area contributed by atoms with Gasteiger partial charge in [-0.3, -0.25) is 9.59 Å². The molecule has 21 heavy (non-hydrogen) atoms. The van der Waals surface area contributed by atoms with Crippen molar-refractivity contribution in [1.29, 1.82) is 0 Å². The summed E-state index contributed by atoms with van der Waals surface area (Å²) in [5.74, 6) is -2.67. The van der Waals surface area contributed by atoms with Crippen LogP contribution in [0.2, 0.25) is 0 Å². The van der Waals surface area contributed by atoms with Gasteiger partial charge in [0.2, 0.25) is 5.91 Å². The van der Waals surface area contributed by atoms with E-state index in [0.717, 1.165) is 23.9 Å². The normalized spacial score (nSPS) is 10.7. The first-order valence-electron chi connectivity index (χ1n) is 6.40. The van der Waals surface area contributed by atoms with Crippen molar-refractivity contribution < 1.29 is 23.5 Å². The second kappa shape index (κ2) is 7.97. The Morgan fingerprint density at radius 3 is 2.52 bits per heavy atom. The van der Waals surface area contributed by atoms with Gasteiger partial charge in [0.15, 0.2) is 0 Å². The van der Waals surface area contributed by atoms with E-state index in [1.54, 1.807) is 13.8 Å². The Morgan fingerprint density at radius 1 is 1.33 bits per heavy atom. The Bertz CT molecular complexity index is 523. The largest absolute Gasteiger partial charge is 0.481 e. The number of aliphatic carboxylic acids is 1. The van der Waals surface area contributed by atoms with Crippen LogP contribution in [-0.4, -0.2) is 40.2 Å². The molecule has 0 heterocycles. The zero-order valence-corrected chi connectivity index (χ0v) is 12.6. The highest BCUT2D eigenvalue weighted by atomic mass is 32.2. The minimum atomic E-state index is -0.981. The van der Waals surface area contributed by atoms with Crippen molar-refractivity contribution in [1.82, 2.24) is 4.90 Å². The lowest BCUT2D eigenvalue weighted by atomic mass is 10.3. The third kappa shape index (κ3) is 5.71. The van der Waals surface area contributed by atoms with Gasteiger partial charge in [0.1, 0.15) is 11.6 Å². The van der Waals surface area contributed by atoms with Gasteiger partial charge in [-0.1, -0.05) is 0 Å². The van der Waals surface area contributed by atoms with Crippen LogP contribution in [0.3, 0.4) is 0 Å². The number of carbonyl (C=O) groups is 2. The molecule has 0 atom stereocenters. The fourth-order valence-corrected chi connectivity index (χ4v) is 2.51. The average molecular weight is 317 g/mol. The van der Waals surface area contributed by atoms with Gasteiger partial charge in [0.25, 0.3) is 0 Å². The van der Waals surface area contributed by atoms with Gasteiger partial charge in [-0.15, -0.1) is 11.8 Å². The first kappa shape index (κ1) is 17.4. The number of benzene rings is 1. The summed E-state index contributed by atoms with van der Waals surface area (Å²) in [7, 11) is 0. The summed E-state index contributed by atoms with van der Waals surface area (Å²) in [5, 5.41) is 8.67. The smallest absolute Gasteiger partial charge is 0.305 e. The molecule has 0 bridgehead atoms. The summed E-state index contributed by atoms with van der Waals surface area (Å²) in [6.45, 7) is 3.67. The minimum Gasteiger partial charge on any atom is -0.481 e. The number of thioether (sulfide) groups is 1. The quantitative estimate of drug-likeness (QED) is 0.786. The topological polar surface area (TPSA) is 57.6 Å². The Hall–Kier alpha value is -1.63. The van der Waals surface area contributed by atoms with E-state index < -0.39 is 17.6 Å². The van der Waals surface area contributed by atoms with Gasteiger partial charge in [-0.05, 0) is 26.0 Å². The lowest BCUT2D eigenvalue weighted by Crippen LogP contribution is -2.39. The molecule has 0 aliphatic heterocycles. The first-order chi connectivity index (χ1) is 9.81. The average Bonchev–Trinajstić information content (AvgIpc) is 2.37.